The standard InChI is InChI=1S/C25H26FN3O4/c1-18-15-23(27-33-18)20-6-8-24(22(26)16-20)28-10-12-29(13-11-28)25(31)9-14-32-21-4-2-3-19(17-30)5-7-21/h2-8,15-17,21H,9-14H2,1H3. The van der Waals surface area contributed by atoms with Gasteiger partial charge in [-0.15, -0.1) is 0 Å². The molecule has 0 bridgehead atoms. The molecule has 8 heteroatoms. The molecule has 0 radical (unpaired) electrons. The average Bonchev–Trinajstić information content (AvgIpc) is 3.13. The summed E-state index contributed by atoms with van der Waals surface area (Å²) in [7, 11) is 0. The lowest BCUT2D eigenvalue weighted by molar-refractivity contribution is -0.132. The van der Waals surface area contributed by atoms with Crippen molar-refractivity contribution in [3.8, 4) is 11.3 Å². The van der Waals surface area contributed by atoms with Crippen molar-refractivity contribution < 1.29 is 23.2 Å². The maximum Gasteiger partial charge on any atom is 0.225 e. The van der Waals surface area contributed by atoms with E-state index in [0.717, 1.165) is 6.29 Å². The molecule has 1 atom stereocenters. The zero-order valence-electron chi connectivity index (χ0n) is 18.4. The Balaban J connectivity index is 1.25. The zero-order valence-corrected chi connectivity index (χ0v) is 18.4. The number of hydrogen-bond donors (Lipinski definition) is 0. The largest absolute Gasteiger partial charge is 0.369 e. The molecule has 1 amide bonds. The summed E-state index contributed by atoms with van der Waals surface area (Å²) >= 11 is 0. The van der Waals surface area contributed by atoms with E-state index < -0.39 is 0 Å². The molecule has 1 saturated heterocycles. The number of nitrogens with zero attached hydrogens (tertiary/aromatic N) is 3. The fourth-order valence-corrected chi connectivity index (χ4v) is 3.85. The monoisotopic (exact) mass is 451 g/mol. The lowest BCUT2D eigenvalue weighted by Crippen LogP contribution is -2.49. The second kappa shape index (κ2) is 10.4. The van der Waals surface area contributed by atoms with E-state index in [0.29, 0.717) is 54.5 Å². The molecular weight excluding hydrogens is 425 g/mol. The summed E-state index contributed by atoms with van der Waals surface area (Å²) in [6.07, 6.45) is 9.59. The number of carbonyl (C=O) groups is 2. The summed E-state index contributed by atoms with van der Waals surface area (Å²) in [6.45, 7) is 4.24. The number of allylic oxidation sites excluding steroid dienone is 4. The molecule has 7 nitrogen and oxygen atoms in total. The smallest absolute Gasteiger partial charge is 0.225 e. The topological polar surface area (TPSA) is 75.9 Å². The van der Waals surface area contributed by atoms with Crippen molar-refractivity contribution in [1.29, 1.82) is 0 Å². The van der Waals surface area contributed by atoms with Gasteiger partial charge in [0.25, 0.3) is 0 Å². The van der Waals surface area contributed by atoms with Crippen molar-refractivity contribution in [3.63, 3.8) is 0 Å². The third-order valence-corrected chi connectivity index (χ3v) is 5.67. The third-order valence-electron chi connectivity index (χ3n) is 5.67. The maximum atomic E-state index is 14.8. The van der Waals surface area contributed by atoms with E-state index in [2.05, 4.69) is 5.16 Å². The van der Waals surface area contributed by atoms with Crippen molar-refractivity contribution in [2.75, 3.05) is 37.7 Å². The number of carbonyl (C=O) groups excluding carboxylic acids is 2. The lowest BCUT2D eigenvalue weighted by atomic mass is 10.1. The zero-order chi connectivity index (χ0) is 23.2. The molecular formula is C25H26FN3O4. The van der Waals surface area contributed by atoms with Crippen LogP contribution in [0, 0.1) is 12.7 Å². The summed E-state index contributed by atoms with van der Waals surface area (Å²) in [5.41, 5.74) is 2.36. The minimum Gasteiger partial charge on any atom is -0.369 e. The van der Waals surface area contributed by atoms with Crippen LogP contribution >= 0.6 is 0 Å². The van der Waals surface area contributed by atoms with Gasteiger partial charge in [0, 0.05) is 43.4 Å². The van der Waals surface area contributed by atoms with Crippen LogP contribution in [0.5, 0.6) is 0 Å². The number of benzene rings is 1. The molecule has 0 spiro atoms. The van der Waals surface area contributed by atoms with Crippen molar-refractivity contribution >= 4 is 17.9 Å². The van der Waals surface area contributed by atoms with Crippen LogP contribution in [0.1, 0.15) is 12.2 Å². The number of piperazine rings is 1. The molecule has 0 N–H and O–H groups in total. The SMILES string of the molecule is Cc1cc(-c2ccc(N3CCN(C(=O)CCOC4C=CC=C(C=O)C=C4)CC3)c(F)c2)no1. The van der Waals surface area contributed by atoms with E-state index in [1.807, 2.05) is 17.0 Å². The number of aryl methyl sites for hydroxylation is 1. The summed E-state index contributed by atoms with van der Waals surface area (Å²) in [5, 5.41) is 3.93. The first-order valence-electron chi connectivity index (χ1n) is 10.9. The highest BCUT2D eigenvalue weighted by Crippen LogP contribution is 2.27. The fourth-order valence-electron chi connectivity index (χ4n) is 3.85. The molecule has 2 aliphatic rings. The van der Waals surface area contributed by atoms with Gasteiger partial charge >= 0.3 is 0 Å². The molecule has 1 aromatic carbocycles. The first-order chi connectivity index (χ1) is 16.0. The Morgan fingerprint density at radius 1 is 1.24 bits per heavy atom. The van der Waals surface area contributed by atoms with Crippen LogP contribution in [-0.2, 0) is 14.3 Å². The van der Waals surface area contributed by atoms with Crippen LogP contribution in [0.15, 0.2) is 64.7 Å². The van der Waals surface area contributed by atoms with Gasteiger partial charge in [-0.05, 0) is 19.1 Å². The predicted octanol–water partition coefficient (Wildman–Crippen LogP) is 3.46. The van der Waals surface area contributed by atoms with E-state index in [1.54, 1.807) is 48.3 Å². The van der Waals surface area contributed by atoms with Gasteiger partial charge in [-0.3, -0.25) is 9.59 Å². The van der Waals surface area contributed by atoms with E-state index in [9.17, 15) is 14.0 Å². The van der Waals surface area contributed by atoms with E-state index in [4.69, 9.17) is 9.26 Å². The average molecular weight is 451 g/mol. The molecule has 2 heterocycles. The highest BCUT2D eigenvalue weighted by atomic mass is 19.1. The van der Waals surface area contributed by atoms with Crippen LogP contribution in [0.2, 0.25) is 0 Å². The summed E-state index contributed by atoms with van der Waals surface area (Å²) in [4.78, 5) is 27.1. The van der Waals surface area contributed by atoms with Crippen LogP contribution in [0.25, 0.3) is 11.3 Å². The first kappa shape index (κ1) is 22.7. The van der Waals surface area contributed by atoms with Gasteiger partial charge in [-0.2, -0.15) is 0 Å². The number of hydrogen-bond acceptors (Lipinski definition) is 6. The quantitative estimate of drug-likeness (QED) is 0.600. The van der Waals surface area contributed by atoms with Crippen LogP contribution in [0.3, 0.4) is 0 Å². The molecule has 1 fully saturated rings. The Kier molecular flexibility index (Phi) is 7.14. The number of anilines is 1. The van der Waals surface area contributed by atoms with Gasteiger partial charge in [-0.25, -0.2) is 4.39 Å². The van der Waals surface area contributed by atoms with E-state index in [1.165, 1.54) is 6.07 Å². The molecule has 1 aromatic heterocycles. The van der Waals surface area contributed by atoms with Gasteiger partial charge in [0.1, 0.15) is 23.6 Å². The second-order valence-electron chi connectivity index (χ2n) is 7.97. The van der Waals surface area contributed by atoms with Gasteiger partial charge < -0.3 is 19.1 Å². The van der Waals surface area contributed by atoms with E-state index in [-0.39, 0.29) is 30.9 Å². The van der Waals surface area contributed by atoms with Gasteiger partial charge in [-0.1, -0.05) is 41.6 Å². The number of aromatic nitrogens is 1. The van der Waals surface area contributed by atoms with Crippen LogP contribution in [0.4, 0.5) is 10.1 Å². The van der Waals surface area contributed by atoms with Gasteiger partial charge in [0.15, 0.2) is 0 Å². The summed E-state index contributed by atoms with van der Waals surface area (Å²) in [5.74, 6) is 0.366. The number of ether oxygens (including phenoxy) is 1. The van der Waals surface area contributed by atoms with Crippen LogP contribution < -0.4 is 4.90 Å². The molecule has 172 valence electrons. The molecule has 1 aliphatic carbocycles. The third kappa shape index (κ3) is 5.64. The van der Waals surface area contributed by atoms with Crippen molar-refractivity contribution in [1.82, 2.24) is 10.1 Å². The van der Waals surface area contributed by atoms with Crippen LogP contribution in [-0.4, -0.2) is 61.1 Å². The minimum absolute atomic E-state index is 0.0140. The van der Waals surface area contributed by atoms with Gasteiger partial charge in [0.05, 0.1) is 24.8 Å². The summed E-state index contributed by atoms with van der Waals surface area (Å²) in [6, 6.07) is 6.81. The highest BCUT2D eigenvalue weighted by molar-refractivity contribution is 5.78. The molecule has 4 rings (SSSR count). The molecule has 0 saturated carbocycles. The normalized spacial score (nSPS) is 18.2. The van der Waals surface area contributed by atoms with Crippen molar-refractivity contribution in [2.24, 2.45) is 0 Å². The maximum absolute atomic E-state index is 14.8. The molecule has 2 aromatic rings. The second-order valence-corrected chi connectivity index (χ2v) is 7.97. The van der Waals surface area contributed by atoms with Crippen molar-refractivity contribution in [2.45, 2.75) is 19.4 Å². The van der Waals surface area contributed by atoms with Gasteiger partial charge in [0.2, 0.25) is 5.91 Å². The molecule has 33 heavy (non-hydrogen) atoms. The lowest BCUT2D eigenvalue weighted by Gasteiger charge is -2.36. The fraction of sp³-hybridized carbons (Fsp3) is 0.320. The predicted molar refractivity (Wildman–Crippen MR) is 122 cm³/mol. The Bertz CT molecular complexity index is 1100. The Morgan fingerprint density at radius 2 is 2.06 bits per heavy atom. The molecule has 1 aliphatic heterocycles. The highest BCUT2D eigenvalue weighted by Gasteiger charge is 2.23. The Labute approximate surface area is 191 Å². The first-order valence-corrected chi connectivity index (χ1v) is 10.9. The van der Waals surface area contributed by atoms with Crippen molar-refractivity contribution in [3.05, 3.63) is 71.8 Å². The number of rotatable bonds is 7. The Hall–Kier alpha value is -3.52. The number of halogens is 1. The van der Waals surface area contributed by atoms with E-state index >= 15 is 0 Å². The summed E-state index contributed by atoms with van der Waals surface area (Å²) < 4.78 is 25.6. The number of aldehydes is 1. The Morgan fingerprint density at radius 3 is 2.76 bits per heavy atom. The minimum atomic E-state index is -0.321. The number of amides is 1. The molecule has 1 unspecified atom stereocenters.